The van der Waals surface area contributed by atoms with Gasteiger partial charge in [0, 0.05) is 13.1 Å². The van der Waals surface area contributed by atoms with E-state index >= 15 is 0 Å². The van der Waals surface area contributed by atoms with E-state index in [0.29, 0.717) is 0 Å². The van der Waals surface area contributed by atoms with Gasteiger partial charge in [-0.2, -0.15) is 5.26 Å². The average Bonchev–Trinajstić information content (AvgIpc) is 2.29. The average molecular weight is 214 g/mol. The molecule has 0 aromatic heterocycles. The smallest absolute Gasteiger partial charge is 0.0991 e. The van der Waals surface area contributed by atoms with Gasteiger partial charge in [0.25, 0.3) is 0 Å². The van der Waals surface area contributed by atoms with E-state index in [1.165, 1.54) is 31.5 Å². The molecule has 0 N–H and O–H groups in total. The quantitative estimate of drug-likeness (QED) is 0.757. The van der Waals surface area contributed by atoms with E-state index in [-0.39, 0.29) is 0 Å². The van der Waals surface area contributed by atoms with Gasteiger partial charge in [0.1, 0.15) is 0 Å². The van der Waals surface area contributed by atoms with Gasteiger partial charge in [-0.15, -0.1) is 0 Å². The Morgan fingerprint density at radius 1 is 1.50 bits per heavy atom. The topological polar surface area (TPSA) is 27.0 Å². The molecule has 1 fully saturated rings. The van der Waals surface area contributed by atoms with Gasteiger partial charge in [0.05, 0.1) is 11.6 Å². The van der Waals surface area contributed by atoms with Gasteiger partial charge in [0.2, 0.25) is 0 Å². The van der Waals surface area contributed by atoms with Crippen LogP contribution in [0.25, 0.3) is 0 Å². The summed E-state index contributed by atoms with van der Waals surface area (Å²) in [6, 6.07) is 10.1. The SMILES string of the molecule is CC1CCCN(Cc2cccc(C#N)c2)C1. The van der Waals surface area contributed by atoms with Gasteiger partial charge < -0.3 is 0 Å². The fraction of sp³-hybridized carbons (Fsp3) is 0.500. The normalized spacial score (nSPS) is 21.6. The molecule has 2 nitrogen and oxygen atoms in total. The van der Waals surface area contributed by atoms with Crippen molar-refractivity contribution in [3.8, 4) is 6.07 Å². The maximum atomic E-state index is 8.85. The minimum Gasteiger partial charge on any atom is -0.299 e. The van der Waals surface area contributed by atoms with Crippen molar-refractivity contribution in [2.24, 2.45) is 5.92 Å². The highest BCUT2D eigenvalue weighted by Crippen LogP contribution is 2.18. The van der Waals surface area contributed by atoms with E-state index in [0.717, 1.165) is 18.0 Å². The molecule has 0 radical (unpaired) electrons. The Hall–Kier alpha value is -1.33. The lowest BCUT2D eigenvalue weighted by atomic mass is 9.99. The number of hydrogen-bond acceptors (Lipinski definition) is 2. The Balaban J connectivity index is 2.00. The van der Waals surface area contributed by atoms with E-state index in [1.54, 1.807) is 0 Å². The van der Waals surface area contributed by atoms with Crippen LogP contribution in [0.3, 0.4) is 0 Å². The summed E-state index contributed by atoms with van der Waals surface area (Å²) in [6.45, 7) is 5.69. The number of piperidine rings is 1. The molecule has 1 aliphatic heterocycles. The Bertz CT molecular complexity index is 392. The van der Waals surface area contributed by atoms with Crippen molar-refractivity contribution in [1.82, 2.24) is 4.90 Å². The van der Waals surface area contributed by atoms with Crippen LogP contribution in [0.4, 0.5) is 0 Å². The molecule has 0 amide bonds. The number of hydrogen-bond donors (Lipinski definition) is 0. The maximum Gasteiger partial charge on any atom is 0.0991 e. The summed E-state index contributed by atoms with van der Waals surface area (Å²) in [5.74, 6) is 0.813. The molecule has 0 spiro atoms. The minimum atomic E-state index is 0.766. The molecule has 0 saturated carbocycles. The third-order valence-electron chi connectivity index (χ3n) is 3.20. The number of nitriles is 1. The highest BCUT2D eigenvalue weighted by Gasteiger charge is 2.16. The van der Waals surface area contributed by atoms with E-state index in [9.17, 15) is 0 Å². The van der Waals surface area contributed by atoms with Crippen molar-refractivity contribution in [2.75, 3.05) is 13.1 Å². The Morgan fingerprint density at radius 3 is 3.12 bits per heavy atom. The van der Waals surface area contributed by atoms with E-state index in [4.69, 9.17) is 5.26 Å². The van der Waals surface area contributed by atoms with Gasteiger partial charge in [-0.25, -0.2) is 0 Å². The Morgan fingerprint density at radius 2 is 2.38 bits per heavy atom. The van der Waals surface area contributed by atoms with Gasteiger partial charge >= 0.3 is 0 Å². The summed E-state index contributed by atoms with van der Waals surface area (Å²) in [7, 11) is 0. The first-order valence-corrected chi connectivity index (χ1v) is 5.99. The molecule has 0 bridgehead atoms. The van der Waals surface area contributed by atoms with Crippen LogP contribution in [0.2, 0.25) is 0 Å². The second kappa shape index (κ2) is 5.14. The highest BCUT2D eigenvalue weighted by molar-refractivity contribution is 5.32. The largest absolute Gasteiger partial charge is 0.299 e. The zero-order valence-electron chi connectivity index (χ0n) is 9.82. The molecule has 2 rings (SSSR count). The van der Waals surface area contributed by atoms with Crippen molar-refractivity contribution in [3.63, 3.8) is 0 Å². The summed E-state index contributed by atoms with van der Waals surface area (Å²) in [5, 5.41) is 8.85. The van der Waals surface area contributed by atoms with Crippen LogP contribution in [0, 0.1) is 17.2 Å². The molecule has 1 aromatic rings. The number of benzene rings is 1. The van der Waals surface area contributed by atoms with Crippen molar-refractivity contribution in [3.05, 3.63) is 35.4 Å². The Kier molecular flexibility index (Phi) is 3.58. The molecule has 1 heterocycles. The van der Waals surface area contributed by atoms with Gasteiger partial charge in [0.15, 0.2) is 0 Å². The standard InChI is InChI=1S/C14H18N2/c1-12-4-3-7-16(10-12)11-14-6-2-5-13(8-14)9-15/h2,5-6,8,12H,3-4,7,10-11H2,1H3. The van der Waals surface area contributed by atoms with Crippen LogP contribution in [0.15, 0.2) is 24.3 Å². The third kappa shape index (κ3) is 2.84. The number of rotatable bonds is 2. The monoisotopic (exact) mass is 214 g/mol. The molecule has 1 unspecified atom stereocenters. The third-order valence-corrected chi connectivity index (χ3v) is 3.20. The Labute approximate surface area is 97.5 Å². The summed E-state index contributed by atoms with van der Waals surface area (Å²) < 4.78 is 0. The van der Waals surface area contributed by atoms with Crippen molar-refractivity contribution in [2.45, 2.75) is 26.3 Å². The minimum absolute atomic E-state index is 0.766. The zero-order valence-corrected chi connectivity index (χ0v) is 9.82. The molecule has 2 heteroatoms. The molecular weight excluding hydrogens is 196 g/mol. The second-order valence-corrected chi connectivity index (χ2v) is 4.79. The molecular formula is C14H18N2. The predicted octanol–water partition coefficient (Wildman–Crippen LogP) is 2.79. The van der Waals surface area contributed by atoms with E-state index in [1.807, 2.05) is 18.2 Å². The lowest BCUT2D eigenvalue weighted by Crippen LogP contribution is -2.33. The summed E-state index contributed by atoms with van der Waals surface area (Å²) >= 11 is 0. The van der Waals surface area contributed by atoms with Gasteiger partial charge in [-0.05, 0) is 43.0 Å². The summed E-state index contributed by atoms with van der Waals surface area (Å²) in [6.07, 6.45) is 2.66. The van der Waals surface area contributed by atoms with Crippen LogP contribution in [-0.2, 0) is 6.54 Å². The van der Waals surface area contributed by atoms with Crippen LogP contribution >= 0.6 is 0 Å². The molecule has 0 aliphatic carbocycles. The molecule has 1 aromatic carbocycles. The highest BCUT2D eigenvalue weighted by atomic mass is 15.1. The van der Waals surface area contributed by atoms with Crippen LogP contribution in [-0.4, -0.2) is 18.0 Å². The van der Waals surface area contributed by atoms with E-state index < -0.39 is 0 Å². The van der Waals surface area contributed by atoms with Crippen molar-refractivity contribution >= 4 is 0 Å². The lowest BCUT2D eigenvalue weighted by molar-refractivity contribution is 0.176. The van der Waals surface area contributed by atoms with Crippen LogP contribution < -0.4 is 0 Å². The fourth-order valence-corrected chi connectivity index (χ4v) is 2.43. The van der Waals surface area contributed by atoms with Crippen molar-refractivity contribution < 1.29 is 0 Å². The van der Waals surface area contributed by atoms with Gasteiger partial charge in [-0.3, -0.25) is 4.90 Å². The van der Waals surface area contributed by atoms with Crippen molar-refractivity contribution in [1.29, 1.82) is 5.26 Å². The van der Waals surface area contributed by atoms with E-state index in [2.05, 4.69) is 24.0 Å². The first-order valence-electron chi connectivity index (χ1n) is 5.99. The fourth-order valence-electron chi connectivity index (χ4n) is 2.43. The lowest BCUT2D eigenvalue weighted by Gasteiger charge is -2.30. The first-order chi connectivity index (χ1) is 7.78. The zero-order chi connectivity index (χ0) is 11.4. The second-order valence-electron chi connectivity index (χ2n) is 4.79. The number of nitrogens with zero attached hydrogens (tertiary/aromatic N) is 2. The summed E-state index contributed by atoms with van der Waals surface area (Å²) in [4.78, 5) is 2.49. The molecule has 84 valence electrons. The maximum absolute atomic E-state index is 8.85. The number of likely N-dealkylation sites (tertiary alicyclic amines) is 1. The van der Waals surface area contributed by atoms with Crippen LogP contribution in [0.1, 0.15) is 30.9 Å². The molecule has 1 saturated heterocycles. The molecule has 1 atom stereocenters. The van der Waals surface area contributed by atoms with Gasteiger partial charge in [-0.1, -0.05) is 19.1 Å². The predicted molar refractivity (Wildman–Crippen MR) is 64.8 cm³/mol. The molecule has 1 aliphatic rings. The van der Waals surface area contributed by atoms with Crippen LogP contribution in [0.5, 0.6) is 0 Å². The first kappa shape index (κ1) is 11.2. The summed E-state index contributed by atoms with van der Waals surface area (Å²) in [5.41, 5.74) is 2.02. The molecule has 16 heavy (non-hydrogen) atoms.